The van der Waals surface area contributed by atoms with E-state index in [-0.39, 0.29) is 5.91 Å². The summed E-state index contributed by atoms with van der Waals surface area (Å²) in [5.74, 6) is -0.204. The molecule has 0 unspecified atom stereocenters. The Labute approximate surface area is 126 Å². The highest BCUT2D eigenvalue weighted by Gasteiger charge is 2.20. The lowest BCUT2D eigenvalue weighted by molar-refractivity contribution is -0.135. The number of rotatable bonds is 3. The van der Waals surface area contributed by atoms with Gasteiger partial charge in [-0.3, -0.25) is 9.69 Å². The third kappa shape index (κ3) is 3.57. The van der Waals surface area contributed by atoms with Crippen molar-refractivity contribution in [2.45, 2.75) is 6.54 Å². The van der Waals surface area contributed by atoms with Gasteiger partial charge in [0.2, 0.25) is 5.91 Å². The first-order valence-electron chi connectivity index (χ1n) is 6.43. The van der Waals surface area contributed by atoms with E-state index >= 15 is 0 Å². The van der Waals surface area contributed by atoms with Crippen LogP contribution < -0.4 is 0 Å². The Balaban J connectivity index is 1.93. The molecule has 1 heterocycles. The maximum absolute atomic E-state index is 11.4. The molecule has 106 valence electrons. The fourth-order valence-electron chi connectivity index (χ4n) is 2.24. The average Bonchev–Trinajstić information content (AvgIpc) is 2.49. The molecule has 0 bridgehead atoms. The van der Waals surface area contributed by atoms with Gasteiger partial charge in [-0.1, -0.05) is 22.0 Å². The predicted octanol–water partition coefficient (Wildman–Crippen LogP) is 0.957. The number of aliphatic hydroxyl groups is 1. The third-order valence-corrected chi connectivity index (χ3v) is 4.17. The summed E-state index contributed by atoms with van der Waals surface area (Å²) in [5, 5.41) is 17.7. The number of aliphatic hydroxyl groups excluding tert-OH is 1. The van der Waals surface area contributed by atoms with Gasteiger partial charge in [0.1, 0.15) is 6.61 Å². The second-order valence-electron chi connectivity index (χ2n) is 4.73. The summed E-state index contributed by atoms with van der Waals surface area (Å²) in [6, 6.07) is 7.70. The highest BCUT2D eigenvalue weighted by molar-refractivity contribution is 9.10. The van der Waals surface area contributed by atoms with Crippen molar-refractivity contribution in [3.63, 3.8) is 0 Å². The molecule has 0 radical (unpaired) electrons. The van der Waals surface area contributed by atoms with Crippen LogP contribution in [-0.2, 0) is 11.3 Å². The molecule has 2 rings (SSSR count). The molecular formula is C14H16BrN3O2. The van der Waals surface area contributed by atoms with Crippen LogP contribution in [0, 0.1) is 11.3 Å². The van der Waals surface area contributed by atoms with Crippen LogP contribution >= 0.6 is 15.9 Å². The molecule has 5 nitrogen and oxygen atoms in total. The Hall–Kier alpha value is -1.42. The van der Waals surface area contributed by atoms with Gasteiger partial charge in [-0.05, 0) is 17.7 Å². The van der Waals surface area contributed by atoms with Gasteiger partial charge in [-0.15, -0.1) is 0 Å². The standard InChI is InChI=1S/C14H16BrN3O2/c15-13-7-11(8-16)1-2-12(13)9-17-3-5-18(6-4-17)14(20)10-19/h1-2,7,19H,3-6,9-10H2. The average molecular weight is 338 g/mol. The van der Waals surface area contributed by atoms with Crippen LogP contribution in [-0.4, -0.2) is 53.6 Å². The number of carbonyl (C=O) groups excluding carboxylic acids is 1. The number of halogens is 1. The molecule has 0 atom stereocenters. The number of benzene rings is 1. The third-order valence-electron chi connectivity index (χ3n) is 3.44. The largest absolute Gasteiger partial charge is 0.387 e. The van der Waals surface area contributed by atoms with E-state index in [1.807, 2.05) is 18.2 Å². The molecule has 0 aliphatic carbocycles. The SMILES string of the molecule is N#Cc1ccc(CN2CCN(C(=O)CO)CC2)c(Br)c1. The molecule has 1 fully saturated rings. The van der Waals surface area contributed by atoms with E-state index in [1.165, 1.54) is 0 Å². The minimum atomic E-state index is -0.416. The van der Waals surface area contributed by atoms with E-state index in [4.69, 9.17) is 10.4 Å². The number of nitriles is 1. The minimum absolute atomic E-state index is 0.204. The molecule has 6 heteroatoms. The van der Waals surface area contributed by atoms with Crippen molar-refractivity contribution in [2.24, 2.45) is 0 Å². The maximum atomic E-state index is 11.4. The second kappa shape index (κ2) is 6.84. The summed E-state index contributed by atoms with van der Waals surface area (Å²) < 4.78 is 0.936. The normalized spacial score (nSPS) is 15.9. The van der Waals surface area contributed by atoms with Gasteiger partial charge in [-0.2, -0.15) is 5.26 Å². The molecule has 0 saturated carbocycles. The van der Waals surface area contributed by atoms with Crippen LogP contribution in [0.4, 0.5) is 0 Å². The number of hydrogen-bond acceptors (Lipinski definition) is 4. The Morgan fingerprint density at radius 1 is 1.35 bits per heavy atom. The highest BCUT2D eigenvalue weighted by Crippen LogP contribution is 2.20. The minimum Gasteiger partial charge on any atom is -0.387 e. The summed E-state index contributed by atoms with van der Waals surface area (Å²) >= 11 is 3.49. The van der Waals surface area contributed by atoms with Gasteiger partial charge in [0.25, 0.3) is 0 Å². The number of hydrogen-bond donors (Lipinski definition) is 1. The maximum Gasteiger partial charge on any atom is 0.248 e. The highest BCUT2D eigenvalue weighted by atomic mass is 79.9. The topological polar surface area (TPSA) is 67.6 Å². The Bertz CT molecular complexity index is 534. The van der Waals surface area contributed by atoms with Crippen molar-refractivity contribution in [1.82, 2.24) is 9.80 Å². The predicted molar refractivity (Wildman–Crippen MR) is 77.8 cm³/mol. The smallest absolute Gasteiger partial charge is 0.248 e. The van der Waals surface area contributed by atoms with Gasteiger partial charge >= 0.3 is 0 Å². The van der Waals surface area contributed by atoms with E-state index in [9.17, 15) is 4.79 Å². The van der Waals surface area contributed by atoms with E-state index < -0.39 is 6.61 Å². The fourth-order valence-corrected chi connectivity index (χ4v) is 2.75. The zero-order valence-electron chi connectivity index (χ0n) is 11.0. The van der Waals surface area contributed by atoms with Crippen molar-refractivity contribution in [1.29, 1.82) is 5.26 Å². The van der Waals surface area contributed by atoms with E-state index in [1.54, 1.807) is 4.90 Å². The van der Waals surface area contributed by atoms with Crippen molar-refractivity contribution in [3.8, 4) is 6.07 Å². The Morgan fingerprint density at radius 3 is 2.60 bits per heavy atom. The summed E-state index contributed by atoms with van der Waals surface area (Å²) in [6.45, 7) is 3.24. The van der Waals surface area contributed by atoms with Gasteiger partial charge in [-0.25, -0.2) is 0 Å². The van der Waals surface area contributed by atoms with Crippen LogP contribution in [0.1, 0.15) is 11.1 Å². The zero-order valence-corrected chi connectivity index (χ0v) is 12.6. The van der Waals surface area contributed by atoms with Crippen LogP contribution in [0.2, 0.25) is 0 Å². The lowest BCUT2D eigenvalue weighted by Crippen LogP contribution is -2.49. The first-order valence-corrected chi connectivity index (χ1v) is 7.23. The van der Waals surface area contributed by atoms with E-state index in [2.05, 4.69) is 26.9 Å². The molecule has 20 heavy (non-hydrogen) atoms. The molecule has 1 saturated heterocycles. The Kier molecular flexibility index (Phi) is 5.12. The molecule has 1 aromatic carbocycles. The lowest BCUT2D eigenvalue weighted by Gasteiger charge is -2.34. The zero-order chi connectivity index (χ0) is 14.5. The van der Waals surface area contributed by atoms with Crippen molar-refractivity contribution in [3.05, 3.63) is 33.8 Å². The first-order chi connectivity index (χ1) is 9.63. The van der Waals surface area contributed by atoms with E-state index in [0.29, 0.717) is 18.7 Å². The summed E-state index contributed by atoms with van der Waals surface area (Å²) in [4.78, 5) is 15.3. The number of carbonyl (C=O) groups is 1. The van der Waals surface area contributed by atoms with Gasteiger partial charge < -0.3 is 10.0 Å². The van der Waals surface area contributed by atoms with Gasteiger partial charge in [0, 0.05) is 37.2 Å². The lowest BCUT2D eigenvalue weighted by atomic mass is 10.1. The Morgan fingerprint density at radius 2 is 2.05 bits per heavy atom. The summed E-state index contributed by atoms with van der Waals surface area (Å²) in [6.07, 6.45) is 0. The van der Waals surface area contributed by atoms with Crippen molar-refractivity contribution < 1.29 is 9.90 Å². The first kappa shape index (κ1) is 15.0. The number of piperazine rings is 1. The quantitative estimate of drug-likeness (QED) is 0.891. The molecule has 0 aromatic heterocycles. The van der Waals surface area contributed by atoms with E-state index in [0.717, 1.165) is 29.7 Å². The van der Waals surface area contributed by atoms with Crippen LogP contribution in [0.5, 0.6) is 0 Å². The monoisotopic (exact) mass is 337 g/mol. The molecule has 0 spiro atoms. The molecule has 1 N–H and O–H groups in total. The van der Waals surface area contributed by atoms with Crippen molar-refractivity contribution >= 4 is 21.8 Å². The van der Waals surface area contributed by atoms with Gasteiger partial charge in [0.05, 0.1) is 11.6 Å². The molecular weight excluding hydrogens is 322 g/mol. The van der Waals surface area contributed by atoms with Crippen LogP contribution in [0.25, 0.3) is 0 Å². The number of amides is 1. The fraction of sp³-hybridized carbons (Fsp3) is 0.429. The van der Waals surface area contributed by atoms with Gasteiger partial charge in [0.15, 0.2) is 0 Å². The second-order valence-corrected chi connectivity index (χ2v) is 5.59. The molecule has 1 aromatic rings. The van der Waals surface area contributed by atoms with Crippen LogP contribution in [0.15, 0.2) is 22.7 Å². The summed E-state index contributed by atoms with van der Waals surface area (Å²) in [5.41, 5.74) is 1.77. The summed E-state index contributed by atoms with van der Waals surface area (Å²) in [7, 11) is 0. The van der Waals surface area contributed by atoms with Crippen LogP contribution in [0.3, 0.4) is 0 Å². The molecule has 1 aliphatic heterocycles. The molecule has 1 amide bonds. The van der Waals surface area contributed by atoms with Crippen molar-refractivity contribution in [2.75, 3.05) is 32.8 Å². The molecule has 1 aliphatic rings. The number of nitrogens with zero attached hydrogens (tertiary/aromatic N) is 3.